The standard InChI is InChI=1S/C19H24FN3O4S/c1-12-4-5-14(13(20)10-12)21-18-17(15(27-3)11-16(25)23(18)2)22-28(26)19(6-7-19)8-9-24/h4-5,10-11,21-22,24H,6-9H2,1-3H3. The molecule has 0 bridgehead atoms. The predicted octanol–water partition coefficient (Wildman–Crippen LogP) is 2.58. The van der Waals surface area contributed by atoms with Crippen molar-refractivity contribution in [1.29, 1.82) is 0 Å². The van der Waals surface area contributed by atoms with Crippen LogP contribution in [0.5, 0.6) is 5.75 Å². The van der Waals surface area contributed by atoms with Crippen LogP contribution < -0.4 is 20.3 Å². The Kier molecular flexibility index (Phi) is 5.76. The molecule has 0 aliphatic heterocycles. The molecule has 0 amide bonds. The van der Waals surface area contributed by atoms with E-state index in [9.17, 15) is 18.5 Å². The number of rotatable bonds is 8. The van der Waals surface area contributed by atoms with Gasteiger partial charge >= 0.3 is 0 Å². The normalized spacial score (nSPS) is 15.8. The first kappa shape index (κ1) is 20.3. The van der Waals surface area contributed by atoms with Gasteiger partial charge in [0.2, 0.25) is 0 Å². The highest BCUT2D eigenvalue weighted by atomic mass is 32.2. The minimum absolute atomic E-state index is 0.0580. The van der Waals surface area contributed by atoms with Crippen LogP contribution in [-0.4, -0.2) is 32.3 Å². The summed E-state index contributed by atoms with van der Waals surface area (Å²) in [5.41, 5.74) is 0.882. The molecule has 1 aromatic carbocycles. The Balaban J connectivity index is 2.04. The molecule has 0 radical (unpaired) electrons. The number of hydrogen-bond acceptors (Lipinski definition) is 5. The van der Waals surface area contributed by atoms with Gasteiger partial charge in [0, 0.05) is 19.7 Å². The summed E-state index contributed by atoms with van der Waals surface area (Å²) >= 11 is 0. The van der Waals surface area contributed by atoms with E-state index in [1.54, 1.807) is 19.1 Å². The molecule has 9 heteroatoms. The SMILES string of the molecule is COc1cc(=O)n(C)c(Nc2ccc(C)cc2F)c1NS(=O)C1(CCO)CC1. The molecule has 28 heavy (non-hydrogen) atoms. The Morgan fingerprint density at radius 3 is 2.64 bits per heavy atom. The third-order valence-electron chi connectivity index (χ3n) is 4.96. The Morgan fingerprint density at radius 2 is 2.07 bits per heavy atom. The van der Waals surface area contributed by atoms with Gasteiger partial charge in [-0.15, -0.1) is 0 Å². The summed E-state index contributed by atoms with van der Waals surface area (Å²) in [4.78, 5) is 12.3. The average molecular weight is 409 g/mol. The lowest BCUT2D eigenvalue weighted by molar-refractivity contribution is 0.284. The first-order valence-electron chi connectivity index (χ1n) is 8.92. The van der Waals surface area contributed by atoms with Crippen molar-refractivity contribution in [3.05, 3.63) is 46.0 Å². The van der Waals surface area contributed by atoms with Gasteiger partial charge in [-0.2, -0.15) is 0 Å². The molecule has 0 spiro atoms. The van der Waals surface area contributed by atoms with E-state index in [1.165, 1.54) is 30.9 Å². The molecule has 2 aromatic rings. The molecule has 1 unspecified atom stereocenters. The molecule has 1 fully saturated rings. The lowest BCUT2D eigenvalue weighted by atomic mass is 10.2. The Hall–Kier alpha value is -2.39. The van der Waals surface area contributed by atoms with Crippen LogP contribution in [0.25, 0.3) is 0 Å². The van der Waals surface area contributed by atoms with Gasteiger partial charge in [0.1, 0.15) is 28.3 Å². The number of aliphatic hydroxyl groups is 1. The van der Waals surface area contributed by atoms with Crippen LogP contribution >= 0.6 is 0 Å². The maximum atomic E-state index is 14.4. The summed E-state index contributed by atoms with van der Waals surface area (Å²) in [5, 5.41) is 12.2. The molecular weight excluding hydrogens is 385 g/mol. The van der Waals surface area contributed by atoms with Crippen LogP contribution in [0.3, 0.4) is 0 Å². The van der Waals surface area contributed by atoms with Crippen molar-refractivity contribution >= 4 is 28.2 Å². The van der Waals surface area contributed by atoms with E-state index >= 15 is 0 Å². The van der Waals surface area contributed by atoms with Gasteiger partial charge in [-0.1, -0.05) is 6.07 Å². The largest absolute Gasteiger partial charge is 0.494 e. The number of methoxy groups -OCH3 is 1. The van der Waals surface area contributed by atoms with Crippen molar-refractivity contribution in [3.63, 3.8) is 0 Å². The highest BCUT2D eigenvalue weighted by Crippen LogP contribution is 2.46. The third-order valence-corrected chi connectivity index (χ3v) is 6.75. The molecule has 1 aliphatic rings. The van der Waals surface area contributed by atoms with Crippen molar-refractivity contribution in [2.24, 2.45) is 7.05 Å². The number of nitrogens with one attached hydrogen (secondary N) is 2. The number of benzene rings is 1. The Bertz CT molecular complexity index is 972. The smallest absolute Gasteiger partial charge is 0.255 e. The first-order valence-corrected chi connectivity index (χ1v) is 10.1. The first-order chi connectivity index (χ1) is 13.3. The fraction of sp³-hybridized carbons (Fsp3) is 0.421. The molecule has 0 saturated heterocycles. The van der Waals surface area contributed by atoms with Crippen LogP contribution in [-0.2, 0) is 18.0 Å². The van der Waals surface area contributed by atoms with Crippen molar-refractivity contribution in [2.45, 2.75) is 30.9 Å². The second kappa shape index (κ2) is 7.92. The van der Waals surface area contributed by atoms with E-state index in [0.717, 1.165) is 18.4 Å². The highest BCUT2D eigenvalue weighted by molar-refractivity contribution is 7.88. The fourth-order valence-electron chi connectivity index (χ4n) is 3.00. The van der Waals surface area contributed by atoms with E-state index in [2.05, 4.69) is 10.0 Å². The monoisotopic (exact) mass is 409 g/mol. The highest BCUT2D eigenvalue weighted by Gasteiger charge is 2.48. The zero-order chi connectivity index (χ0) is 20.5. The van der Waals surface area contributed by atoms with Crippen molar-refractivity contribution in [3.8, 4) is 5.75 Å². The molecule has 1 aliphatic carbocycles. The second-order valence-electron chi connectivity index (χ2n) is 6.97. The molecule has 3 rings (SSSR count). The lowest BCUT2D eigenvalue weighted by Gasteiger charge is -2.22. The van der Waals surface area contributed by atoms with E-state index in [-0.39, 0.29) is 29.4 Å². The molecule has 3 N–H and O–H groups in total. The lowest BCUT2D eigenvalue weighted by Crippen LogP contribution is -2.27. The Morgan fingerprint density at radius 1 is 1.36 bits per heavy atom. The predicted molar refractivity (Wildman–Crippen MR) is 108 cm³/mol. The molecule has 1 aromatic heterocycles. The van der Waals surface area contributed by atoms with E-state index in [0.29, 0.717) is 12.1 Å². The van der Waals surface area contributed by atoms with Crippen LogP contribution in [0.2, 0.25) is 0 Å². The van der Waals surface area contributed by atoms with E-state index in [1.807, 2.05) is 0 Å². The minimum atomic E-state index is -1.51. The number of anilines is 3. The third kappa shape index (κ3) is 3.90. The van der Waals surface area contributed by atoms with Crippen LogP contribution in [0.1, 0.15) is 24.8 Å². The van der Waals surface area contributed by atoms with Gasteiger partial charge in [0.25, 0.3) is 5.56 Å². The second-order valence-corrected chi connectivity index (χ2v) is 8.58. The number of aryl methyl sites for hydroxylation is 1. The zero-order valence-corrected chi connectivity index (χ0v) is 16.9. The van der Waals surface area contributed by atoms with Crippen LogP contribution in [0.15, 0.2) is 29.1 Å². The maximum Gasteiger partial charge on any atom is 0.255 e. The van der Waals surface area contributed by atoms with Gasteiger partial charge in [0.05, 0.1) is 17.5 Å². The van der Waals surface area contributed by atoms with Gasteiger partial charge in [0.15, 0.2) is 5.75 Å². The molecule has 7 nitrogen and oxygen atoms in total. The van der Waals surface area contributed by atoms with Gasteiger partial charge < -0.3 is 15.2 Å². The van der Waals surface area contributed by atoms with Gasteiger partial charge in [-0.05, 0) is 43.9 Å². The number of aromatic nitrogens is 1. The van der Waals surface area contributed by atoms with Crippen molar-refractivity contribution in [1.82, 2.24) is 4.57 Å². The molecule has 1 atom stereocenters. The minimum Gasteiger partial charge on any atom is -0.494 e. The topological polar surface area (TPSA) is 92.6 Å². The molecule has 152 valence electrons. The summed E-state index contributed by atoms with van der Waals surface area (Å²) < 4.78 is 36.3. The van der Waals surface area contributed by atoms with Gasteiger partial charge in [-0.3, -0.25) is 14.1 Å². The van der Waals surface area contributed by atoms with E-state index < -0.39 is 21.5 Å². The average Bonchev–Trinajstić information content (AvgIpc) is 3.43. The molecule has 1 heterocycles. The fourth-order valence-corrected chi connectivity index (χ4v) is 4.35. The maximum absolute atomic E-state index is 14.4. The van der Waals surface area contributed by atoms with Crippen molar-refractivity contribution in [2.75, 3.05) is 23.8 Å². The van der Waals surface area contributed by atoms with Crippen LogP contribution in [0, 0.1) is 12.7 Å². The Labute approximate surface area is 165 Å². The number of aliphatic hydroxyl groups excluding tert-OH is 1. The van der Waals surface area contributed by atoms with E-state index in [4.69, 9.17) is 4.74 Å². The summed E-state index contributed by atoms with van der Waals surface area (Å²) in [6.07, 6.45) is 1.88. The quantitative estimate of drug-likeness (QED) is 0.623. The number of hydrogen-bond donors (Lipinski definition) is 3. The van der Waals surface area contributed by atoms with Crippen LogP contribution in [0.4, 0.5) is 21.6 Å². The number of nitrogens with zero attached hydrogens (tertiary/aromatic N) is 1. The number of pyridine rings is 1. The van der Waals surface area contributed by atoms with Gasteiger partial charge in [-0.25, -0.2) is 8.60 Å². The summed E-state index contributed by atoms with van der Waals surface area (Å²) in [7, 11) is 1.42. The number of ether oxygens (including phenoxy) is 1. The molecular formula is C19H24FN3O4S. The number of halogens is 1. The summed E-state index contributed by atoms with van der Waals surface area (Å²) in [6.45, 7) is 1.72. The summed E-state index contributed by atoms with van der Waals surface area (Å²) in [5.74, 6) is -0.0344. The zero-order valence-electron chi connectivity index (χ0n) is 16.0. The summed E-state index contributed by atoms with van der Waals surface area (Å²) in [6, 6.07) is 5.98. The van der Waals surface area contributed by atoms with Crippen molar-refractivity contribution < 1.29 is 18.4 Å². The molecule has 1 saturated carbocycles.